The molecule has 1 aromatic heterocycles. The number of hydrogen-bond acceptors (Lipinski definition) is 2. The summed E-state index contributed by atoms with van der Waals surface area (Å²) in [4.78, 5) is 0. The Kier molecular flexibility index (Phi) is 4.09. The Bertz CT molecular complexity index is 605. The molecular formula is C17H26N2O. The molecule has 0 aliphatic rings. The van der Waals surface area contributed by atoms with Crippen LogP contribution in [0.5, 0.6) is 5.75 Å². The molecule has 1 aromatic carbocycles. The first-order chi connectivity index (χ1) is 9.31. The van der Waals surface area contributed by atoms with E-state index >= 15 is 0 Å². The zero-order valence-electron chi connectivity index (χ0n) is 13.5. The summed E-state index contributed by atoms with van der Waals surface area (Å²) in [6.45, 7) is 9.70. The third kappa shape index (κ3) is 3.15. The number of rotatable bonds is 4. The zero-order chi connectivity index (χ0) is 14.9. The van der Waals surface area contributed by atoms with Crippen LogP contribution in [0.4, 0.5) is 0 Å². The van der Waals surface area contributed by atoms with Crippen molar-refractivity contribution in [3.63, 3.8) is 0 Å². The average Bonchev–Trinajstić information content (AvgIpc) is 2.64. The predicted molar refractivity (Wildman–Crippen MR) is 85.7 cm³/mol. The van der Waals surface area contributed by atoms with Gasteiger partial charge in [0.15, 0.2) is 0 Å². The second kappa shape index (κ2) is 5.49. The molecule has 0 bridgehead atoms. The standard InChI is InChI=1S/C17H26N2O/c1-12-9-14-13(7-8-18-17(2,3)4)11-19(5)16(14)15(10-12)20-6/h9-11,18H,7-8H2,1-6H3. The number of aromatic nitrogens is 1. The van der Waals surface area contributed by atoms with Gasteiger partial charge in [0, 0.05) is 24.2 Å². The van der Waals surface area contributed by atoms with E-state index in [0.717, 1.165) is 18.7 Å². The van der Waals surface area contributed by atoms with Gasteiger partial charge in [-0.3, -0.25) is 0 Å². The molecule has 1 heterocycles. The molecule has 2 rings (SSSR count). The van der Waals surface area contributed by atoms with E-state index in [2.05, 4.69) is 63.0 Å². The predicted octanol–water partition coefficient (Wildman–Crippen LogP) is 3.43. The molecule has 0 aliphatic heterocycles. The smallest absolute Gasteiger partial charge is 0.143 e. The summed E-state index contributed by atoms with van der Waals surface area (Å²) in [5.74, 6) is 0.956. The molecule has 0 fully saturated rings. The van der Waals surface area contributed by atoms with E-state index in [1.54, 1.807) is 7.11 Å². The van der Waals surface area contributed by atoms with Gasteiger partial charge >= 0.3 is 0 Å². The molecular weight excluding hydrogens is 248 g/mol. The summed E-state index contributed by atoms with van der Waals surface area (Å²) >= 11 is 0. The van der Waals surface area contributed by atoms with Crippen LogP contribution in [0.1, 0.15) is 31.9 Å². The van der Waals surface area contributed by atoms with Crippen LogP contribution < -0.4 is 10.1 Å². The minimum atomic E-state index is 0.165. The summed E-state index contributed by atoms with van der Waals surface area (Å²) < 4.78 is 7.69. The maximum atomic E-state index is 5.52. The van der Waals surface area contributed by atoms with Crippen molar-refractivity contribution in [3.05, 3.63) is 29.5 Å². The Morgan fingerprint density at radius 1 is 1.25 bits per heavy atom. The molecule has 0 aliphatic carbocycles. The molecule has 0 spiro atoms. The van der Waals surface area contributed by atoms with Gasteiger partial charge in [0.05, 0.1) is 12.6 Å². The van der Waals surface area contributed by atoms with Crippen LogP contribution in [0, 0.1) is 6.92 Å². The molecule has 0 radical (unpaired) electrons. The number of nitrogens with zero attached hydrogens (tertiary/aromatic N) is 1. The maximum Gasteiger partial charge on any atom is 0.143 e. The van der Waals surface area contributed by atoms with Crippen LogP contribution >= 0.6 is 0 Å². The zero-order valence-corrected chi connectivity index (χ0v) is 13.5. The van der Waals surface area contributed by atoms with Crippen molar-refractivity contribution in [2.45, 2.75) is 39.7 Å². The Morgan fingerprint density at radius 2 is 1.95 bits per heavy atom. The lowest BCUT2D eigenvalue weighted by Gasteiger charge is -2.20. The molecule has 0 saturated heterocycles. The lowest BCUT2D eigenvalue weighted by atomic mass is 10.1. The van der Waals surface area contributed by atoms with Gasteiger partial charge in [-0.05, 0) is 63.9 Å². The molecule has 1 N–H and O–H groups in total. The Hall–Kier alpha value is -1.48. The van der Waals surface area contributed by atoms with Crippen molar-refractivity contribution in [2.75, 3.05) is 13.7 Å². The minimum Gasteiger partial charge on any atom is -0.495 e. The minimum absolute atomic E-state index is 0.165. The number of aryl methyl sites for hydroxylation is 2. The molecule has 0 saturated carbocycles. The third-order valence-corrected chi connectivity index (χ3v) is 3.54. The second-order valence-corrected chi connectivity index (χ2v) is 6.56. The highest BCUT2D eigenvalue weighted by atomic mass is 16.5. The van der Waals surface area contributed by atoms with Gasteiger partial charge in [-0.25, -0.2) is 0 Å². The van der Waals surface area contributed by atoms with E-state index in [-0.39, 0.29) is 5.54 Å². The van der Waals surface area contributed by atoms with Crippen molar-refractivity contribution in [2.24, 2.45) is 7.05 Å². The van der Waals surface area contributed by atoms with Crippen LogP contribution in [-0.4, -0.2) is 23.8 Å². The monoisotopic (exact) mass is 274 g/mol. The number of methoxy groups -OCH3 is 1. The van der Waals surface area contributed by atoms with E-state index in [1.165, 1.54) is 22.0 Å². The average molecular weight is 274 g/mol. The first kappa shape index (κ1) is 14.9. The summed E-state index contributed by atoms with van der Waals surface area (Å²) in [6, 6.07) is 4.35. The second-order valence-electron chi connectivity index (χ2n) is 6.56. The molecule has 0 unspecified atom stereocenters. The Morgan fingerprint density at radius 3 is 2.55 bits per heavy atom. The molecule has 0 amide bonds. The first-order valence-corrected chi connectivity index (χ1v) is 7.19. The van der Waals surface area contributed by atoms with Crippen molar-refractivity contribution >= 4 is 10.9 Å². The number of hydrogen-bond donors (Lipinski definition) is 1. The van der Waals surface area contributed by atoms with Gasteiger partial charge in [-0.2, -0.15) is 0 Å². The molecule has 20 heavy (non-hydrogen) atoms. The fraction of sp³-hybridized carbons (Fsp3) is 0.529. The largest absolute Gasteiger partial charge is 0.495 e. The van der Waals surface area contributed by atoms with Crippen LogP contribution in [-0.2, 0) is 13.5 Å². The first-order valence-electron chi connectivity index (χ1n) is 7.19. The van der Waals surface area contributed by atoms with Crippen molar-refractivity contribution in [3.8, 4) is 5.75 Å². The highest BCUT2D eigenvalue weighted by Crippen LogP contribution is 2.31. The van der Waals surface area contributed by atoms with Gasteiger partial charge < -0.3 is 14.6 Å². The van der Waals surface area contributed by atoms with E-state index in [9.17, 15) is 0 Å². The summed E-state index contributed by atoms with van der Waals surface area (Å²) in [5, 5.41) is 4.85. The van der Waals surface area contributed by atoms with Crippen molar-refractivity contribution in [1.82, 2.24) is 9.88 Å². The lowest BCUT2D eigenvalue weighted by molar-refractivity contribution is 0.417. The molecule has 3 nitrogen and oxygen atoms in total. The molecule has 2 aromatic rings. The molecule has 0 atom stereocenters. The lowest BCUT2D eigenvalue weighted by Crippen LogP contribution is -2.37. The van der Waals surface area contributed by atoms with Crippen LogP contribution in [0.25, 0.3) is 10.9 Å². The SMILES string of the molecule is COc1cc(C)cc2c(CCNC(C)(C)C)cn(C)c12. The molecule has 3 heteroatoms. The number of nitrogens with one attached hydrogen (secondary N) is 1. The topological polar surface area (TPSA) is 26.2 Å². The summed E-state index contributed by atoms with van der Waals surface area (Å²) in [7, 11) is 3.82. The van der Waals surface area contributed by atoms with Gasteiger partial charge in [-0.15, -0.1) is 0 Å². The summed E-state index contributed by atoms with van der Waals surface area (Å²) in [5.41, 5.74) is 3.97. The van der Waals surface area contributed by atoms with Crippen molar-refractivity contribution in [1.29, 1.82) is 0 Å². The highest BCUT2D eigenvalue weighted by Gasteiger charge is 2.13. The van der Waals surface area contributed by atoms with Gasteiger partial charge in [0.25, 0.3) is 0 Å². The fourth-order valence-corrected chi connectivity index (χ4v) is 2.65. The van der Waals surface area contributed by atoms with E-state index in [4.69, 9.17) is 4.74 Å². The van der Waals surface area contributed by atoms with Crippen molar-refractivity contribution < 1.29 is 4.74 Å². The number of benzene rings is 1. The van der Waals surface area contributed by atoms with Crippen LogP contribution in [0.3, 0.4) is 0 Å². The molecule has 110 valence electrons. The summed E-state index contributed by atoms with van der Waals surface area (Å²) in [6.07, 6.45) is 3.25. The Labute approximate surface area is 121 Å². The van der Waals surface area contributed by atoms with Gasteiger partial charge in [0.2, 0.25) is 0 Å². The van der Waals surface area contributed by atoms with E-state index in [0.29, 0.717) is 0 Å². The van der Waals surface area contributed by atoms with Gasteiger partial charge in [-0.1, -0.05) is 0 Å². The number of fused-ring (bicyclic) bond motifs is 1. The third-order valence-electron chi connectivity index (χ3n) is 3.54. The van der Waals surface area contributed by atoms with Gasteiger partial charge in [0.1, 0.15) is 5.75 Å². The van der Waals surface area contributed by atoms with E-state index in [1.807, 2.05) is 0 Å². The van der Waals surface area contributed by atoms with E-state index < -0.39 is 0 Å². The number of ether oxygens (including phenoxy) is 1. The van der Waals surface area contributed by atoms with Crippen LogP contribution in [0.2, 0.25) is 0 Å². The maximum absolute atomic E-state index is 5.52. The fourth-order valence-electron chi connectivity index (χ4n) is 2.65. The Balaban J connectivity index is 2.33. The quantitative estimate of drug-likeness (QED) is 0.924. The normalized spacial score (nSPS) is 12.1. The van der Waals surface area contributed by atoms with Crippen LogP contribution in [0.15, 0.2) is 18.3 Å². The highest BCUT2D eigenvalue weighted by molar-refractivity contribution is 5.90.